The lowest BCUT2D eigenvalue weighted by atomic mass is 9.85. The Morgan fingerprint density at radius 2 is 2.00 bits per heavy atom. The molecule has 0 heterocycles. The number of nitrogens with zero attached hydrogens (tertiary/aromatic N) is 1. The maximum Gasteiger partial charge on any atom is 0.242 e. The molecule has 0 spiro atoms. The standard InChI is InChI=1S/C15H23N3O3S.ClH/c1-18(2)22(20,21)14-8-4-7-13(10-14)17-15(19)11-5-3-6-12(16)9-11;/h4,7-8,10-12H,3,5-6,9,16H2,1-2H3,(H,17,19);1H. The molecule has 1 aliphatic carbocycles. The van der Waals surface area contributed by atoms with Gasteiger partial charge in [-0.05, 0) is 37.5 Å². The lowest BCUT2D eigenvalue weighted by Gasteiger charge is -2.25. The third kappa shape index (κ3) is 4.91. The second-order valence-corrected chi connectivity index (χ2v) is 8.08. The van der Waals surface area contributed by atoms with Gasteiger partial charge in [-0.3, -0.25) is 4.79 Å². The van der Waals surface area contributed by atoms with Gasteiger partial charge < -0.3 is 11.1 Å². The summed E-state index contributed by atoms with van der Waals surface area (Å²) in [6, 6.07) is 6.38. The highest BCUT2D eigenvalue weighted by Crippen LogP contribution is 2.25. The van der Waals surface area contributed by atoms with E-state index in [1.54, 1.807) is 12.1 Å². The highest BCUT2D eigenvalue weighted by Gasteiger charge is 2.25. The molecular weight excluding hydrogens is 338 g/mol. The van der Waals surface area contributed by atoms with Gasteiger partial charge in [0.1, 0.15) is 0 Å². The number of halogens is 1. The molecule has 23 heavy (non-hydrogen) atoms. The van der Waals surface area contributed by atoms with Crippen LogP contribution < -0.4 is 11.1 Å². The number of amides is 1. The summed E-state index contributed by atoms with van der Waals surface area (Å²) in [5.41, 5.74) is 6.40. The summed E-state index contributed by atoms with van der Waals surface area (Å²) in [7, 11) is -0.554. The van der Waals surface area contributed by atoms with Gasteiger partial charge in [-0.2, -0.15) is 0 Å². The number of benzene rings is 1. The van der Waals surface area contributed by atoms with E-state index in [0.717, 1.165) is 23.6 Å². The van der Waals surface area contributed by atoms with Crippen LogP contribution in [0.3, 0.4) is 0 Å². The number of carbonyl (C=O) groups is 1. The van der Waals surface area contributed by atoms with Gasteiger partial charge in [0.25, 0.3) is 0 Å². The van der Waals surface area contributed by atoms with Crippen LogP contribution in [0.25, 0.3) is 0 Å². The van der Waals surface area contributed by atoms with Gasteiger partial charge in [0.2, 0.25) is 15.9 Å². The van der Waals surface area contributed by atoms with Gasteiger partial charge in [0, 0.05) is 31.7 Å². The quantitative estimate of drug-likeness (QED) is 0.855. The first kappa shape index (κ1) is 19.9. The highest BCUT2D eigenvalue weighted by atomic mass is 35.5. The average molecular weight is 362 g/mol. The van der Waals surface area contributed by atoms with E-state index >= 15 is 0 Å². The van der Waals surface area contributed by atoms with Crippen LogP contribution in [-0.4, -0.2) is 38.8 Å². The first-order chi connectivity index (χ1) is 10.3. The summed E-state index contributed by atoms with van der Waals surface area (Å²) in [5.74, 6) is -0.188. The van der Waals surface area contributed by atoms with Crippen LogP contribution in [0.15, 0.2) is 29.2 Å². The number of nitrogens with two attached hydrogens (primary N) is 1. The normalized spacial score (nSPS) is 21.6. The molecule has 8 heteroatoms. The molecule has 2 rings (SSSR count). The van der Waals surface area contributed by atoms with E-state index in [0.29, 0.717) is 12.1 Å². The molecule has 6 nitrogen and oxygen atoms in total. The van der Waals surface area contributed by atoms with Crippen LogP contribution in [0, 0.1) is 5.92 Å². The summed E-state index contributed by atoms with van der Waals surface area (Å²) < 4.78 is 25.4. The first-order valence-corrected chi connectivity index (χ1v) is 8.84. The fourth-order valence-corrected chi connectivity index (χ4v) is 3.60. The topological polar surface area (TPSA) is 92.5 Å². The Balaban J connectivity index is 0.00000264. The third-order valence-electron chi connectivity index (χ3n) is 3.97. The number of anilines is 1. The second kappa shape index (κ2) is 8.10. The van der Waals surface area contributed by atoms with Gasteiger partial charge in [-0.15, -0.1) is 12.4 Å². The molecular formula is C15H24ClN3O3S. The molecule has 0 bridgehead atoms. The van der Waals surface area contributed by atoms with Crippen molar-refractivity contribution in [3.63, 3.8) is 0 Å². The zero-order valence-corrected chi connectivity index (χ0v) is 15.0. The maximum absolute atomic E-state index is 12.3. The van der Waals surface area contributed by atoms with Crippen LogP contribution in [-0.2, 0) is 14.8 Å². The van der Waals surface area contributed by atoms with Crippen LogP contribution >= 0.6 is 12.4 Å². The summed E-state index contributed by atoms with van der Waals surface area (Å²) in [6.45, 7) is 0. The minimum atomic E-state index is -3.51. The van der Waals surface area contributed by atoms with E-state index in [4.69, 9.17) is 5.73 Å². The summed E-state index contributed by atoms with van der Waals surface area (Å²) >= 11 is 0. The van der Waals surface area contributed by atoms with Crippen molar-refractivity contribution in [2.45, 2.75) is 36.6 Å². The molecule has 2 unspecified atom stereocenters. The molecule has 1 aromatic rings. The van der Waals surface area contributed by atoms with Crippen molar-refractivity contribution in [2.24, 2.45) is 11.7 Å². The van der Waals surface area contributed by atoms with E-state index < -0.39 is 10.0 Å². The number of hydrogen-bond acceptors (Lipinski definition) is 4. The Labute approximate surface area is 143 Å². The Morgan fingerprint density at radius 3 is 2.61 bits per heavy atom. The van der Waals surface area contributed by atoms with Crippen molar-refractivity contribution in [1.82, 2.24) is 4.31 Å². The molecule has 0 aromatic heterocycles. The van der Waals surface area contributed by atoms with Crippen LogP contribution in [0.1, 0.15) is 25.7 Å². The zero-order valence-electron chi connectivity index (χ0n) is 13.4. The molecule has 0 radical (unpaired) electrons. The number of hydrogen-bond donors (Lipinski definition) is 2. The predicted octanol–water partition coefficient (Wildman–Crippen LogP) is 1.81. The smallest absolute Gasteiger partial charge is 0.242 e. The van der Waals surface area contributed by atoms with Crippen LogP contribution in [0.2, 0.25) is 0 Å². The molecule has 1 fully saturated rings. The minimum absolute atomic E-state index is 0. The van der Waals surface area contributed by atoms with Crippen molar-refractivity contribution in [3.05, 3.63) is 24.3 Å². The molecule has 0 aliphatic heterocycles. The molecule has 1 amide bonds. The molecule has 3 N–H and O–H groups in total. The van der Waals surface area contributed by atoms with Gasteiger partial charge in [0.05, 0.1) is 4.90 Å². The Hall–Kier alpha value is -1.15. The van der Waals surface area contributed by atoms with Gasteiger partial charge in [0.15, 0.2) is 0 Å². The summed E-state index contributed by atoms with van der Waals surface area (Å²) in [5, 5.41) is 2.81. The molecule has 130 valence electrons. The number of nitrogens with one attached hydrogen (secondary N) is 1. The summed E-state index contributed by atoms with van der Waals surface area (Å²) in [6.07, 6.45) is 3.42. The van der Waals surface area contributed by atoms with Crippen LogP contribution in [0.5, 0.6) is 0 Å². The van der Waals surface area contributed by atoms with Crippen molar-refractivity contribution in [3.8, 4) is 0 Å². The molecule has 2 atom stereocenters. The lowest BCUT2D eigenvalue weighted by Crippen LogP contribution is -2.34. The highest BCUT2D eigenvalue weighted by molar-refractivity contribution is 7.89. The SMILES string of the molecule is CN(C)S(=O)(=O)c1cccc(NC(=O)C2CCCC(N)C2)c1.Cl. The van der Waals surface area contributed by atoms with E-state index in [-0.39, 0.29) is 35.2 Å². The van der Waals surface area contributed by atoms with Crippen molar-refractivity contribution < 1.29 is 13.2 Å². The lowest BCUT2D eigenvalue weighted by molar-refractivity contribution is -0.120. The van der Waals surface area contributed by atoms with Crippen molar-refractivity contribution in [1.29, 1.82) is 0 Å². The second-order valence-electron chi connectivity index (χ2n) is 5.93. The predicted molar refractivity (Wildman–Crippen MR) is 93.1 cm³/mol. The minimum Gasteiger partial charge on any atom is -0.328 e. The molecule has 1 aliphatic rings. The Morgan fingerprint density at radius 1 is 1.30 bits per heavy atom. The van der Waals surface area contributed by atoms with E-state index in [1.165, 1.54) is 26.2 Å². The fraction of sp³-hybridized carbons (Fsp3) is 0.533. The first-order valence-electron chi connectivity index (χ1n) is 7.39. The maximum atomic E-state index is 12.3. The van der Waals surface area contributed by atoms with E-state index in [9.17, 15) is 13.2 Å². The number of carbonyl (C=O) groups excluding carboxylic acids is 1. The zero-order chi connectivity index (χ0) is 16.3. The monoisotopic (exact) mass is 361 g/mol. The molecule has 1 aromatic carbocycles. The average Bonchev–Trinajstić information content (AvgIpc) is 2.47. The third-order valence-corrected chi connectivity index (χ3v) is 5.78. The largest absolute Gasteiger partial charge is 0.328 e. The van der Waals surface area contributed by atoms with Crippen molar-refractivity contribution >= 4 is 34.0 Å². The molecule has 0 saturated heterocycles. The Kier molecular flexibility index (Phi) is 7.01. The summed E-state index contributed by atoms with van der Waals surface area (Å²) in [4.78, 5) is 12.4. The van der Waals surface area contributed by atoms with Crippen molar-refractivity contribution in [2.75, 3.05) is 19.4 Å². The molecule has 1 saturated carbocycles. The van der Waals surface area contributed by atoms with Crippen LogP contribution in [0.4, 0.5) is 5.69 Å². The van der Waals surface area contributed by atoms with Gasteiger partial charge in [-0.25, -0.2) is 12.7 Å². The number of sulfonamides is 1. The van der Waals surface area contributed by atoms with Gasteiger partial charge >= 0.3 is 0 Å². The Bertz CT molecular complexity index is 649. The van der Waals surface area contributed by atoms with E-state index in [2.05, 4.69) is 5.32 Å². The fourth-order valence-electron chi connectivity index (χ4n) is 2.66. The van der Waals surface area contributed by atoms with E-state index in [1.807, 2.05) is 0 Å². The van der Waals surface area contributed by atoms with Gasteiger partial charge in [-0.1, -0.05) is 12.5 Å². The number of rotatable bonds is 4.